The smallest absolute Gasteiger partial charge is 0.0253 e. The monoisotopic (exact) mass is 496 g/mol. The molecule has 4 nitrogen and oxygen atoms in total. The molecule has 4 rings (SSSR count). The van der Waals surface area contributed by atoms with Gasteiger partial charge in [0.1, 0.15) is 0 Å². The zero-order chi connectivity index (χ0) is 26.4. The fourth-order valence-electron chi connectivity index (χ4n) is 2.34. The standard InChI is InChI=1S/C13H9.2C5H10O2.C5H5.CH2.Ti/c1-3-7-12-10(5-1)9-11-6-2-4-8-13(11)12;2*1-5(2,3)4(6)7;1-2-4-5-3-1;;/h1-5,7-8H,9H2;2*1-3H3,(H,6,7);1-3H,4H2;1H2;/q-1;;;-1;;+2. The summed E-state index contributed by atoms with van der Waals surface area (Å²) in [6, 6.07) is 18.1. The van der Waals surface area contributed by atoms with Crippen molar-refractivity contribution < 1.29 is 39.8 Å². The van der Waals surface area contributed by atoms with Gasteiger partial charge in [-0.2, -0.15) is 35.9 Å². The van der Waals surface area contributed by atoms with Crippen LogP contribution in [0.5, 0.6) is 0 Å². The molecule has 180 valence electrons. The number of carboxylic acids is 2. The molecule has 0 saturated heterocycles. The van der Waals surface area contributed by atoms with Crippen molar-refractivity contribution in [3.8, 4) is 11.1 Å². The molecule has 2 aromatic carbocycles. The van der Waals surface area contributed by atoms with Crippen LogP contribution in [0.3, 0.4) is 0 Å². The minimum atomic E-state index is -0.757. The molecule has 0 amide bonds. The zero-order valence-electron chi connectivity index (χ0n) is 21.1. The van der Waals surface area contributed by atoms with E-state index < -0.39 is 22.8 Å². The van der Waals surface area contributed by atoms with E-state index in [-0.39, 0.29) is 0 Å². The Labute approximate surface area is 216 Å². The van der Waals surface area contributed by atoms with Crippen molar-refractivity contribution in [1.29, 1.82) is 0 Å². The van der Waals surface area contributed by atoms with Gasteiger partial charge in [0, 0.05) is 0 Å². The van der Waals surface area contributed by atoms with Gasteiger partial charge in [0.05, 0.1) is 10.8 Å². The molecule has 0 heterocycles. The predicted molar refractivity (Wildman–Crippen MR) is 136 cm³/mol. The first kappa shape index (κ1) is 31.4. The predicted octanol–water partition coefficient (Wildman–Crippen LogP) is 6.56. The van der Waals surface area contributed by atoms with Crippen LogP contribution in [0.4, 0.5) is 0 Å². The second-order valence-corrected chi connectivity index (χ2v) is 9.51. The van der Waals surface area contributed by atoms with Gasteiger partial charge < -0.3 is 10.2 Å². The SMILES string of the molecule is CC(C)(C)C(=O)O.CC(C)(C)C(=O)O.[C-]1=CC=CC1.[CH2]=[Ti+2].[c-]1cccc2c1Cc1ccccc1-2. The van der Waals surface area contributed by atoms with Crippen molar-refractivity contribution in [1.82, 2.24) is 0 Å². The third-order valence-corrected chi connectivity index (χ3v) is 4.49. The Bertz CT molecular complexity index is 899. The van der Waals surface area contributed by atoms with E-state index in [2.05, 4.69) is 59.4 Å². The number of hydrogen-bond donors (Lipinski definition) is 2. The molecule has 34 heavy (non-hydrogen) atoms. The summed E-state index contributed by atoms with van der Waals surface area (Å²) in [4.78, 5) is 23.3. The first-order valence-corrected chi connectivity index (χ1v) is 12.1. The van der Waals surface area contributed by atoms with Gasteiger partial charge in [-0.1, -0.05) is 35.4 Å². The molecule has 5 heteroatoms. The maximum Gasteiger partial charge on any atom is -0.0253 e. The molecule has 0 unspecified atom stereocenters. The maximum absolute atomic E-state index is 10.0. The van der Waals surface area contributed by atoms with Crippen molar-refractivity contribution in [2.75, 3.05) is 0 Å². The summed E-state index contributed by atoms with van der Waals surface area (Å²) in [5.41, 5.74) is 4.34. The van der Waals surface area contributed by atoms with Crippen molar-refractivity contribution in [3.63, 3.8) is 0 Å². The molecule has 0 radical (unpaired) electrons. The van der Waals surface area contributed by atoms with Crippen LogP contribution >= 0.6 is 0 Å². The maximum atomic E-state index is 10.0. The van der Waals surface area contributed by atoms with E-state index in [1.807, 2.05) is 18.2 Å². The fraction of sp³-hybridized carbons (Fsp3) is 0.345. The van der Waals surface area contributed by atoms with Crippen LogP contribution in [-0.4, -0.2) is 27.0 Å². The zero-order valence-corrected chi connectivity index (χ0v) is 22.7. The third kappa shape index (κ3) is 12.1. The Morgan fingerprint density at radius 3 is 1.79 bits per heavy atom. The van der Waals surface area contributed by atoms with Crippen LogP contribution < -0.4 is 0 Å². The topological polar surface area (TPSA) is 74.6 Å². The first-order valence-electron chi connectivity index (χ1n) is 11.0. The molecular formula is C29H36O4Ti. The average molecular weight is 496 g/mol. The second kappa shape index (κ2) is 15.4. The van der Waals surface area contributed by atoms with E-state index >= 15 is 0 Å². The van der Waals surface area contributed by atoms with Gasteiger partial charge in [-0.3, -0.25) is 15.7 Å². The molecule has 0 saturated carbocycles. The quantitative estimate of drug-likeness (QED) is 0.273. The molecule has 0 atom stereocenters. The summed E-state index contributed by atoms with van der Waals surface area (Å²) in [6.45, 7) is 9.97. The number of carbonyl (C=O) groups is 2. The molecular weight excluding hydrogens is 460 g/mol. The van der Waals surface area contributed by atoms with Crippen LogP contribution in [0.1, 0.15) is 59.1 Å². The van der Waals surface area contributed by atoms with Crippen molar-refractivity contribution >= 4 is 16.8 Å². The second-order valence-electron chi connectivity index (χ2n) is 9.51. The Morgan fingerprint density at radius 1 is 0.882 bits per heavy atom. The van der Waals surface area contributed by atoms with E-state index in [1.165, 1.54) is 22.3 Å². The Balaban J connectivity index is 0.000000450. The van der Waals surface area contributed by atoms with E-state index in [0.717, 1.165) is 12.8 Å². The van der Waals surface area contributed by atoms with Crippen LogP contribution in [0.2, 0.25) is 0 Å². The summed E-state index contributed by atoms with van der Waals surface area (Å²) < 4.78 is 0. The molecule has 0 spiro atoms. The number of carboxylic acid groups (broad SMARTS) is 2. The third-order valence-electron chi connectivity index (χ3n) is 4.49. The van der Waals surface area contributed by atoms with Crippen molar-refractivity contribution in [3.05, 3.63) is 84.0 Å². The molecule has 0 bridgehead atoms. The van der Waals surface area contributed by atoms with Crippen molar-refractivity contribution in [2.24, 2.45) is 10.8 Å². The Morgan fingerprint density at radius 2 is 1.38 bits per heavy atom. The average Bonchev–Trinajstić information content (AvgIpc) is 3.46. The minimum Gasteiger partial charge on any atom is -0.179 e. The summed E-state index contributed by atoms with van der Waals surface area (Å²) in [5.74, 6) is -1.51. The van der Waals surface area contributed by atoms with Crippen LogP contribution in [-0.2, 0) is 36.0 Å². The molecule has 0 aromatic heterocycles. The van der Waals surface area contributed by atoms with Gasteiger partial charge in [0.2, 0.25) is 0 Å². The normalized spacial score (nSPS) is 12.1. The van der Waals surface area contributed by atoms with E-state index in [1.54, 1.807) is 61.5 Å². The van der Waals surface area contributed by atoms with E-state index in [0.29, 0.717) is 0 Å². The summed E-state index contributed by atoms with van der Waals surface area (Å²) >= 11 is 1.75. The van der Waals surface area contributed by atoms with Crippen LogP contribution in [0, 0.1) is 23.0 Å². The number of fused-ring (bicyclic) bond motifs is 3. The van der Waals surface area contributed by atoms with E-state index in [9.17, 15) is 9.59 Å². The fourth-order valence-corrected chi connectivity index (χ4v) is 2.34. The molecule has 2 N–H and O–H groups in total. The number of rotatable bonds is 0. The molecule has 0 aliphatic heterocycles. The van der Waals surface area contributed by atoms with E-state index in [4.69, 9.17) is 10.2 Å². The minimum absolute atomic E-state index is 0.583. The van der Waals surface area contributed by atoms with Gasteiger partial charge in [-0.25, -0.2) is 12.2 Å². The van der Waals surface area contributed by atoms with Gasteiger partial charge >= 0.3 is 36.7 Å². The Kier molecular flexibility index (Phi) is 14.2. The van der Waals surface area contributed by atoms with Gasteiger partial charge in [-0.05, 0) is 48.0 Å². The first-order chi connectivity index (χ1) is 15.8. The Hall–Kier alpha value is -2.56. The molecule has 2 aliphatic rings. The molecule has 2 aliphatic carbocycles. The van der Waals surface area contributed by atoms with Crippen molar-refractivity contribution in [2.45, 2.75) is 54.4 Å². The number of benzene rings is 2. The largest absolute Gasteiger partial charge is 0.179 e. The van der Waals surface area contributed by atoms with Crippen LogP contribution in [0.25, 0.3) is 11.1 Å². The molecule has 0 fully saturated rings. The number of aliphatic carboxylic acids is 2. The molecule has 2 aromatic rings. The van der Waals surface area contributed by atoms with Gasteiger partial charge in [0.15, 0.2) is 0 Å². The van der Waals surface area contributed by atoms with Crippen LogP contribution in [0.15, 0.2) is 60.7 Å². The number of hydrogen-bond acceptors (Lipinski definition) is 2. The summed E-state index contributed by atoms with van der Waals surface area (Å²) in [7, 11) is 0. The summed E-state index contributed by atoms with van der Waals surface area (Å²) in [5, 5.41) is 16.5. The van der Waals surface area contributed by atoms with Gasteiger partial charge in [0.25, 0.3) is 0 Å². The van der Waals surface area contributed by atoms with Gasteiger partial charge in [-0.15, -0.1) is 12.0 Å². The number of allylic oxidation sites excluding steroid dienone is 4. The summed E-state index contributed by atoms with van der Waals surface area (Å²) in [6.07, 6.45) is 11.0.